The molecule has 0 unspecified atom stereocenters. The Hall–Kier alpha value is -2.26. The molecule has 2 rings (SSSR count). The second-order valence-corrected chi connectivity index (χ2v) is 5.54. The Morgan fingerprint density at radius 2 is 1.28 bits per heavy atom. The van der Waals surface area contributed by atoms with Crippen LogP contribution in [0.15, 0.2) is 65.7 Å². The van der Waals surface area contributed by atoms with Crippen molar-refractivity contribution in [2.45, 2.75) is 40.5 Å². The van der Waals surface area contributed by atoms with E-state index in [1.165, 1.54) is 5.56 Å². The fraction of sp³-hybridized carbons (Fsp3) is 0.364. The molecule has 3 nitrogen and oxygen atoms in total. The third-order valence-corrected chi connectivity index (χ3v) is 3.23. The smallest absolute Gasteiger partial charge is 0.159 e. The van der Waals surface area contributed by atoms with Crippen molar-refractivity contribution in [3.05, 3.63) is 71.8 Å². The van der Waals surface area contributed by atoms with Crippen LogP contribution < -0.4 is 5.73 Å². The van der Waals surface area contributed by atoms with Crippen molar-refractivity contribution in [3.8, 4) is 0 Å². The zero-order chi connectivity index (χ0) is 18.9. The number of ketones is 1. The number of rotatable bonds is 5. The topological polar surface area (TPSA) is 55.5 Å². The Bertz CT molecular complexity index is 590. The van der Waals surface area contributed by atoms with Crippen molar-refractivity contribution in [1.82, 2.24) is 0 Å². The molecule has 0 bridgehead atoms. The maximum atomic E-state index is 10.6. The molecule has 25 heavy (non-hydrogen) atoms. The fourth-order valence-corrected chi connectivity index (χ4v) is 1.72. The van der Waals surface area contributed by atoms with Crippen LogP contribution in [0.4, 0.5) is 0 Å². The van der Waals surface area contributed by atoms with Crippen LogP contribution in [-0.4, -0.2) is 24.6 Å². The lowest BCUT2D eigenvalue weighted by atomic mass is 10.1. The standard InChI is InChI=1S/C11H15N.C8H8O.C3H9N/c1-3-9-12-10(2)11-7-5-4-6-8-11;1-7(9)8-5-3-2-4-6-8;1-2-3-4/h4-8H,3,9H2,1-2H3;2-6H,1H3;2-4H2,1H3. The van der Waals surface area contributed by atoms with Crippen LogP contribution >= 0.6 is 0 Å². The summed E-state index contributed by atoms with van der Waals surface area (Å²) < 4.78 is 0. The van der Waals surface area contributed by atoms with E-state index in [-0.39, 0.29) is 5.78 Å². The van der Waals surface area contributed by atoms with Gasteiger partial charge in [-0.1, -0.05) is 74.5 Å². The highest BCUT2D eigenvalue weighted by Crippen LogP contribution is 2.00. The van der Waals surface area contributed by atoms with Gasteiger partial charge >= 0.3 is 0 Å². The molecule has 0 fully saturated rings. The van der Waals surface area contributed by atoms with Gasteiger partial charge in [0.2, 0.25) is 0 Å². The summed E-state index contributed by atoms with van der Waals surface area (Å²) in [5.41, 5.74) is 8.17. The maximum Gasteiger partial charge on any atom is 0.159 e. The fourth-order valence-electron chi connectivity index (χ4n) is 1.72. The molecule has 0 saturated carbocycles. The molecule has 0 saturated heterocycles. The number of nitrogens with zero attached hydrogens (tertiary/aromatic N) is 1. The summed E-state index contributed by atoms with van der Waals surface area (Å²) in [5, 5.41) is 0. The number of hydrogen-bond donors (Lipinski definition) is 1. The largest absolute Gasteiger partial charge is 0.330 e. The molecule has 0 aliphatic rings. The van der Waals surface area contributed by atoms with Gasteiger partial charge in [-0.3, -0.25) is 9.79 Å². The highest BCUT2D eigenvalue weighted by Gasteiger charge is 1.93. The SMILES string of the molecule is CC(=O)c1ccccc1.CCCN.CCCN=C(C)c1ccccc1. The Kier molecular flexibility index (Phi) is 13.9. The number of carbonyl (C=O) groups is 1. The highest BCUT2D eigenvalue weighted by molar-refractivity contribution is 5.98. The molecule has 0 spiro atoms. The molecule has 0 amide bonds. The van der Waals surface area contributed by atoms with Gasteiger partial charge in [0.25, 0.3) is 0 Å². The predicted octanol–water partition coefficient (Wildman–Crippen LogP) is 5.15. The van der Waals surface area contributed by atoms with Crippen LogP contribution in [0.5, 0.6) is 0 Å². The summed E-state index contributed by atoms with van der Waals surface area (Å²) in [6.45, 7) is 9.57. The molecule has 0 aromatic heterocycles. The number of nitrogens with two attached hydrogens (primary N) is 1. The molecule has 0 heterocycles. The normalized spacial score (nSPS) is 10.0. The van der Waals surface area contributed by atoms with E-state index in [1.807, 2.05) is 48.5 Å². The third-order valence-electron chi connectivity index (χ3n) is 3.23. The summed E-state index contributed by atoms with van der Waals surface area (Å²) in [4.78, 5) is 15.1. The van der Waals surface area contributed by atoms with Crippen molar-refractivity contribution < 1.29 is 4.79 Å². The van der Waals surface area contributed by atoms with E-state index in [9.17, 15) is 4.79 Å². The van der Waals surface area contributed by atoms with Crippen molar-refractivity contribution in [1.29, 1.82) is 0 Å². The molecule has 136 valence electrons. The van der Waals surface area contributed by atoms with Gasteiger partial charge in [-0.05, 0) is 38.8 Å². The van der Waals surface area contributed by atoms with E-state index in [4.69, 9.17) is 5.73 Å². The molecular formula is C22H32N2O. The molecule has 3 heteroatoms. The Labute approximate surface area is 153 Å². The lowest BCUT2D eigenvalue weighted by Gasteiger charge is -1.98. The summed E-state index contributed by atoms with van der Waals surface area (Å²) in [6.07, 6.45) is 2.21. The average Bonchev–Trinajstić information content (AvgIpc) is 2.68. The van der Waals surface area contributed by atoms with Crippen LogP contribution in [0, 0.1) is 0 Å². The summed E-state index contributed by atoms with van der Waals surface area (Å²) in [7, 11) is 0. The number of Topliss-reactive ketones (excluding diaryl/α,β-unsaturated/α-hetero) is 1. The number of carbonyl (C=O) groups excluding carboxylic acids is 1. The molecule has 0 atom stereocenters. The van der Waals surface area contributed by atoms with E-state index < -0.39 is 0 Å². The average molecular weight is 341 g/mol. The van der Waals surface area contributed by atoms with Gasteiger partial charge in [0, 0.05) is 17.8 Å². The van der Waals surface area contributed by atoms with Gasteiger partial charge in [-0.25, -0.2) is 0 Å². The molecule has 0 aliphatic heterocycles. The van der Waals surface area contributed by atoms with E-state index in [1.54, 1.807) is 6.92 Å². The number of benzene rings is 2. The quantitative estimate of drug-likeness (QED) is 0.604. The van der Waals surface area contributed by atoms with Crippen LogP contribution in [0.25, 0.3) is 0 Å². The Morgan fingerprint density at radius 1 is 0.840 bits per heavy atom. The van der Waals surface area contributed by atoms with Crippen molar-refractivity contribution in [2.24, 2.45) is 10.7 Å². The first-order valence-electron chi connectivity index (χ1n) is 8.89. The minimum absolute atomic E-state index is 0.121. The number of hydrogen-bond acceptors (Lipinski definition) is 3. The summed E-state index contributed by atoms with van der Waals surface area (Å²) in [6, 6.07) is 19.5. The highest BCUT2D eigenvalue weighted by atomic mass is 16.1. The van der Waals surface area contributed by atoms with Gasteiger partial charge in [0.1, 0.15) is 0 Å². The van der Waals surface area contributed by atoms with Crippen molar-refractivity contribution in [2.75, 3.05) is 13.1 Å². The third kappa shape index (κ3) is 11.8. The Balaban J connectivity index is 0.000000391. The van der Waals surface area contributed by atoms with Crippen LogP contribution in [-0.2, 0) is 0 Å². The van der Waals surface area contributed by atoms with E-state index in [0.717, 1.165) is 37.2 Å². The van der Waals surface area contributed by atoms with Crippen molar-refractivity contribution in [3.63, 3.8) is 0 Å². The summed E-state index contributed by atoms with van der Waals surface area (Å²) >= 11 is 0. The van der Waals surface area contributed by atoms with Gasteiger partial charge in [-0.2, -0.15) is 0 Å². The number of aliphatic imine (C=N–C) groups is 1. The van der Waals surface area contributed by atoms with Gasteiger partial charge < -0.3 is 5.73 Å². The predicted molar refractivity (Wildman–Crippen MR) is 110 cm³/mol. The first kappa shape index (κ1) is 22.7. The van der Waals surface area contributed by atoms with E-state index in [2.05, 4.69) is 37.9 Å². The molecule has 2 N–H and O–H groups in total. The van der Waals surface area contributed by atoms with Gasteiger partial charge in [-0.15, -0.1) is 0 Å². The summed E-state index contributed by atoms with van der Waals surface area (Å²) in [5.74, 6) is 0.121. The molecule has 0 radical (unpaired) electrons. The maximum absolute atomic E-state index is 10.6. The Morgan fingerprint density at radius 3 is 1.60 bits per heavy atom. The lowest BCUT2D eigenvalue weighted by molar-refractivity contribution is 0.101. The molecular weight excluding hydrogens is 308 g/mol. The zero-order valence-electron chi connectivity index (χ0n) is 16.0. The minimum atomic E-state index is 0.121. The van der Waals surface area contributed by atoms with Crippen molar-refractivity contribution >= 4 is 11.5 Å². The van der Waals surface area contributed by atoms with Crippen LogP contribution in [0.3, 0.4) is 0 Å². The monoisotopic (exact) mass is 340 g/mol. The minimum Gasteiger partial charge on any atom is -0.330 e. The first-order chi connectivity index (χ1) is 12.1. The van der Waals surface area contributed by atoms with Crippen LogP contribution in [0.2, 0.25) is 0 Å². The molecule has 2 aromatic rings. The molecule has 2 aromatic carbocycles. The van der Waals surface area contributed by atoms with Gasteiger partial charge in [0.05, 0.1) is 0 Å². The first-order valence-corrected chi connectivity index (χ1v) is 8.89. The second kappa shape index (κ2) is 15.3. The lowest BCUT2D eigenvalue weighted by Crippen LogP contribution is -1.94. The zero-order valence-corrected chi connectivity index (χ0v) is 16.0. The molecule has 0 aliphatic carbocycles. The van der Waals surface area contributed by atoms with E-state index in [0.29, 0.717) is 0 Å². The van der Waals surface area contributed by atoms with Gasteiger partial charge in [0.15, 0.2) is 5.78 Å². The van der Waals surface area contributed by atoms with Crippen LogP contribution in [0.1, 0.15) is 56.5 Å². The second-order valence-electron chi connectivity index (χ2n) is 5.54. The van der Waals surface area contributed by atoms with E-state index >= 15 is 0 Å².